The van der Waals surface area contributed by atoms with Gasteiger partial charge in [0.25, 0.3) is 5.91 Å². The van der Waals surface area contributed by atoms with E-state index in [1.807, 2.05) is 42.5 Å². The van der Waals surface area contributed by atoms with Crippen LogP contribution in [0.25, 0.3) is 28.0 Å². The molecule has 2 amide bonds. The molecule has 1 unspecified atom stereocenters. The Morgan fingerprint density at radius 3 is 2.38 bits per heavy atom. The van der Waals surface area contributed by atoms with Crippen LogP contribution in [0.1, 0.15) is 48.7 Å². The molecule has 4 aromatic rings. The molecule has 212 valence electrons. The third-order valence-corrected chi connectivity index (χ3v) is 7.97. The molecule has 11 heteroatoms. The van der Waals surface area contributed by atoms with E-state index in [-0.39, 0.29) is 23.2 Å². The smallest absolute Gasteiger partial charge is 0.270 e. The van der Waals surface area contributed by atoms with Gasteiger partial charge < -0.3 is 16.0 Å². The number of nitrogens with two attached hydrogens (primary N) is 1. The molecule has 0 saturated carbocycles. The summed E-state index contributed by atoms with van der Waals surface area (Å²) in [5, 5.41) is 6.98. The lowest BCUT2D eigenvalue weighted by Gasteiger charge is -2.33. The summed E-state index contributed by atoms with van der Waals surface area (Å²) in [4.78, 5) is 61.2. The van der Waals surface area contributed by atoms with Gasteiger partial charge in [0, 0.05) is 48.0 Å². The summed E-state index contributed by atoms with van der Waals surface area (Å²) in [5.74, 6) is -2.24. The largest absolute Gasteiger partial charge is 0.383 e. The van der Waals surface area contributed by atoms with E-state index in [0.717, 1.165) is 22.4 Å². The van der Waals surface area contributed by atoms with Crippen LogP contribution in [-0.4, -0.2) is 61.0 Å². The zero-order chi connectivity index (χ0) is 29.5. The number of carbonyl (C=O) groups excluding carboxylic acids is 4. The molecule has 3 aromatic heterocycles. The predicted molar refractivity (Wildman–Crippen MR) is 155 cm³/mol. The third kappa shape index (κ3) is 4.72. The molecule has 6 rings (SSSR count). The Labute approximate surface area is 241 Å². The number of fused-ring (bicyclic) bond motifs is 1. The van der Waals surface area contributed by atoms with Crippen molar-refractivity contribution in [3.05, 3.63) is 77.9 Å². The molecule has 1 saturated heterocycles. The molecule has 5 heterocycles. The Bertz CT molecular complexity index is 1770. The average molecular weight is 564 g/mol. The molecule has 42 heavy (non-hydrogen) atoms. The number of benzene rings is 1. The molecule has 11 nitrogen and oxygen atoms in total. The van der Waals surface area contributed by atoms with Crippen molar-refractivity contribution in [1.29, 1.82) is 0 Å². The first-order chi connectivity index (χ1) is 20.2. The molecular weight excluding hydrogens is 534 g/mol. The first-order valence-electron chi connectivity index (χ1n) is 13.8. The lowest BCUT2D eigenvalue weighted by Crippen LogP contribution is -2.46. The van der Waals surface area contributed by atoms with Gasteiger partial charge in [-0.1, -0.05) is 36.4 Å². The maximum atomic E-state index is 13.1. The zero-order valence-corrected chi connectivity index (χ0v) is 23.2. The fourth-order valence-corrected chi connectivity index (χ4v) is 5.54. The quantitative estimate of drug-likeness (QED) is 0.277. The molecular formula is C31H29N7O4. The van der Waals surface area contributed by atoms with E-state index in [1.165, 1.54) is 24.4 Å². The topological polar surface area (TPSA) is 153 Å². The maximum absolute atomic E-state index is 13.1. The molecule has 1 aromatic carbocycles. The van der Waals surface area contributed by atoms with E-state index >= 15 is 0 Å². The van der Waals surface area contributed by atoms with Gasteiger partial charge in [-0.3, -0.25) is 24.2 Å². The van der Waals surface area contributed by atoms with Crippen LogP contribution < -0.4 is 11.1 Å². The Morgan fingerprint density at radius 1 is 1.00 bits per heavy atom. The number of piperidine rings is 1. The van der Waals surface area contributed by atoms with Crippen molar-refractivity contribution >= 4 is 34.8 Å². The fraction of sp³-hybridized carbons (Fsp3) is 0.258. The van der Waals surface area contributed by atoms with Crippen molar-refractivity contribution in [2.45, 2.75) is 32.6 Å². The van der Waals surface area contributed by atoms with Gasteiger partial charge in [-0.05, 0) is 32.8 Å². The van der Waals surface area contributed by atoms with Crippen molar-refractivity contribution in [2.75, 3.05) is 18.8 Å². The summed E-state index contributed by atoms with van der Waals surface area (Å²) in [6.45, 7) is 3.68. The van der Waals surface area contributed by atoms with E-state index in [2.05, 4.69) is 15.4 Å². The van der Waals surface area contributed by atoms with Gasteiger partial charge in [0.15, 0.2) is 17.2 Å². The van der Waals surface area contributed by atoms with Crippen LogP contribution >= 0.6 is 0 Å². The number of hydrogen-bond acceptors (Lipinski definition) is 8. The Morgan fingerprint density at radius 2 is 1.74 bits per heavy atom. The highest BCUT2D eigenvalue weighted by Gasteiger charge is 2.34. The Hall–Kier alpha value is -5.19. The minimum absolute atomic E-state index is 0.00874. The second-order valence-corrected chi connectivity index (χ2v) is 10.6. The lowest BCUT2D eigenvalue weighted by atomic mass is 9.89. The van der Waals surface area contributed by atoms with Crippen molar-refractivity contribution in [1.82, 2.24) is 29.8 Å². The van der Waals surface area contributed by atoms with E-state index in [0.29, 0.717) is 42.8 Å². The number of likely N-dealkylation sites (tertiary alicyclic amines) is 1. The summed E-state index contributed by atoms with van der Waals surface area (Å²) in [6.07, 6.45) is 5.69. The minimum atomic E-state index is -0.810. The summed E-state index contributed by atoms with van der Waals surface area (Å²) in [5.41, 5.74) is 11.3. The Kier molecular flexibility index (Phi) is 6.85. The molecule has 1 fully saturated rings. The van der Waals surface area contributed by atoms with Crippen LogP contribution in [0.2, 0.25) is 0 Å². The van der Waals surface area contributed by atoms with Crippen molar-refractivity contribution in [3.8, 4) is 22.4 Å². The number of carbonyl (C=O) groups is 4. The number of nitrogen functional groups attached to an aromatic ring is 1. The first-order valence-corrected chi connectivity index (χ1v) is 13.8. The van der Waals surface area contributed by atoms with Gasteiger partial charge >= 0.3 is 0 Å². The number of allylic oxidation sites excluding steroid dienone is 1. The number of amides is 2. The van der Waals surface area contributed by atoms with Crippen LogP contribution in [0.4, 0.5) is 5.82 Å². The molecule has 0 radical (unpaired) electrons. The molecule has 1 atom stereocenters. The fourth-order valence-electron chi connectivity index (χ4n) is 5.54. The standard InChI is InChI=1S/C31H29N7O4/c1-17-25(40)14-24(35-30(17)41)31(42)37-12-10-20(11-13-37)27-26(18(2)39)28(32)38-29(36-27)22(16-34-38)21-8-9-23(33-15-21)19-6-4-3-5-7-19/h3-9,14-17,20H,10-13,32H2,1-2H3,(H,35,41). The van der Waals surface area contributed by atoms with Gasteiger partial charge in [-0.25, -0.2) is 4.98 Å². The van der Waals surface area contributed by atoms with Gasteiger partial charge in [-0.2, -0.15) is 9.61 Å². The highest BCUT2D eigenvalue weighted by molar-refractivity contribution is 6.15. The van der Waals surface area contributed by atoms with E-state index in [1.54, 1.807) is 17.3 Å². The molecule has 3 N–H and O–H groups in total. The normalized spacial score (nSPS) is 17.7. The molecule has 0 aliphatic carbocycles. The highest BCUT2D eigenvalue weighted by Crippen LogP contribution is 2.35. The maximum Gasteiger partial charge on any atom is 0.270 e. The average Bonchev–Trinajstić information content (AvgIpc) is 3.44. The van der Waals surface area contributed by atoms with Crippen LogP contribution in [-0.2, 0) is 14.4 Å². The second-order valence-electron chi connectivity index (χ2n) is 10.6. The first kappa shape index (κ1) is 27.0. The Balaban J connectivity index is 1.29. The predicted octanol–water partition coefficient (Wildman–Crippen LogP) is 3.17. The molecule has 2 aliphatic rings. The summed E-state index contributed by atoms with van der Waals surface area (Å²) in [7, 11) is 0. The molecule has 2 aliphatic heterocycles. The van der Waals surface area contributed by atoms with Gasteiger partial charge in [0.2, 0.25) is 5.91 Å². The van der Waals surface area contributed by atoms with Gasteiger partial charge in [0.05, 0.1) is 29.1 Å². The lowest BCUT2D eigenvalue weighted by molar-refractivity contribution is -0.135. The summed E-state index contributed by atoms with van der Waals surface area (Å²) < 4.78 is 1.48. The van der Waals surface area contributed by atoms with Crippen molar-refractivity contribution < 1.29 is 19.2 Å². The number of anilines is 1. The van der Waals surface area contributed by atoms with E-state index in [9.17, 15) is 19.2 Å². The molecule has 0 bridgehead atoms. The van der Waals surface area contributed by atoms with Crippen molar-refractivity contribution in [2.24, 2.45) is 5.92 Å². The third-order valence-electron chi connectivity index (χ3n) is 7.97. The monoisotopic (exact) mass is 563 g/mol. The number of ketones is 2. The molecule has 0 spiro atoms. The number of rotatable bonds is 5. The number of nitrogens with one attached hydrogen (secondary N) is 1. The number of hydrogen-bond donors (Lipinski definition) is 2. The van der Waals surface area contributed by atoms with Crippen LogP contribution in [0.3, 0.4) is 0 Å². The zero-order valence-electron chi connectivity index (χ0n) is 23.2. The van der Waals surface area contributed by atoms with E-state index in [4.69, 9.17) is 10.7 Å². The van der Waals surface area contributed by atoms with Crippen LogP contribution in [0, 0.1) is 5.92 Å². The second kappa shape index (κ2) is 10.7. The number of pyridine rings is 1. The minimum Gasteiger partial charge on any atom is -0.383 e. The van der Waals surface area contributed by atoms with Gasteiger partial charge in [0.1, 0.15) is 11.5 Å². The number of nitrogens with zero attached hydrogens (tertiary/aromatic N) is 5. The van der Waals surface area contributed by atoms with E-state index < -0.39 is 23.5 Å². The van der Waals surface area contributed by atoms with Crippen LogP contribution in [0.5, 0.6) is 0 Å². The summed E-state index contributed by atoms with van der Waals surface area (Å²) in [6, 6.07) is 13.8. The SMILES string of the molecule is CC(=O)c1c(C2CCN(C(=O)C3=CC(=O)C(C)C(=O)N3)CC2)nc2c(-c3ccc(-c4ccccc4)nc3)cnn2c1N. The van der Waals surface area contributed by atoms with Gasteiger partial charge in [-0.15, -0.1) is 0 Å². The number of Topliss-reactive ketones (excluding diaryl/α,β-unsaturated/α-hetero) is 1. The highest BCUT2D eigenvalue weighted by atomic mass is 16.2. The van der Waals surface area contributed by atoms with Crippen LogP contribution in [0.15, 0.2) is 66.6 Å². The van der Waals surface area contributed by atoms with Crippen molar-refractivity contribution in [3.63, 3.8) is 0 Å². The summed E-state index contributed by atoms with van der Waals surface area (Å²) >= 11 is 0. The number of aromatic nitrogens is 4.